The number of hydrogen-bond acceptors (Lipinski definition) is 11. The molecule has 3 rings (SSSR count). The lowest BCUT2D eigenvalue weighted by atomic mass is 10.1. The summed E-state index contributed by atoms with van der Waals surface area (Å²) in [6.07, 6.45) is -5.28. The normalized spacial score (nSPS) is 26.1. The van der Waals surface area contributed by atoms with Crippen molar-refractivity contribution in [3.63, 3.8) is 0 Å². The molecule has 1 aliphatic heterocycles. The first-order valence-corrected chi connectivity index (χ1v) is 12.6. The van der Waals surface area contributed by atoms with E-state index in [1.807, 2.05) is 4.98 Å². The Bertz CT molecular complexity index is 1210. The molecule has 2 unspecified atom stereocenters. The highest BCUT2D eigenvalue weighted by molar-refractivity contribution is 7.61. The average molecular weight is 524 g/mol. The molecule has 17 heteroatoms. The van der Waals surface area contributed by atoms with Crippen LogP contribution in [0.5, 0.6) is 0 Å². The monoisotopic (exact) mass is 524 g/mol. The average Bonchev–Trinajstić information content (AvgIpc) is 3.04. The number of hydrogen-bond donors (Lipinski definition) is 6. The molecule has 1 saturated heterocycles. The van der Waals surface area contributed by atoms with Crippen LogP contribution < -0.4 is 11.2 Å². The van der Waals surface area contributed by atoms with E-state index < -0.39 is 64.6 Å². The Balaban J connectivity index is 1.58. The first-order valence-electron chi connectivity index (χ1n) is 9.58. The molecule has 2 aromatic rings. The molecule has 188 valence electrons. The van der Waals surface area contributed by atoms with Crippen LogP contribution in [0.15, 0.2) is 46.1 Å². The van der Waals surface area contributed by atoms with Gasteiger partial charge >= 0.3 is 21.3 Å². The van der Waals surface area contributed by atoms with Crippen molar-refractivity contribution in [1.29, 1.82) is 0 Å². The third-order valence-corrected chi connectivity index (χ3v) is 7.22. The first kappa shape index (κ1) is 26.6. The molecule has 1 aromatic carbocycles. The summed E-state index contributed by atoms with van der Waals surface area (Å²) >= 11 is 0. The number of aromatic nitrogens is 2. The van der Waals surface area contributed by atoms with E-state index in [1.54, 1.807) is 12.1 Å². The Morgan fingerprint density at radius 3 is 2.38 bits per heavy atom. The molecule has 1 aromatic heterocycles. The van der Waals surface area contributed by atoms with Gasteiger partial charge in [0.25, 0.3) is 5.56 Å². The molecular formula is C17H22N2O13P2. The summed E-state index contributed by atoms with van der Waals surface area (Å²) < 4.78 is 43.7. The summed E-state index contributed by atoms with van der Waals surface area (Å²) in [5.41, 5.74) is -0.766. The van der Waals surface area contributed by atoms with Crippen LogP contribution in [0.3, 0.4) is 0 Å². The van der Waals surface area contributed by atoms with E-state index in [0.717, 1.165) is 16.8 Å². The first-order chi connectivity index (χ1) is 15.9. The number of ether oxygens (including phenoxy) is 1. The molecule has 1 aliphatic rings. The maximum absolute atomic E-state index is 12.1. The number of aliphatic hydroxyl groups is 3. The van der Waals surface area contributed by atoms with Crippen molar-refractivity contribution in [2.24, 2.45) is 0 Å². The van der Waals surface area contributed by atoms with Gasteiger partial charge in [0, 0.05) is 12.3 Å². The zero-order chi connectivity index (χ0) is 25.1. The molecule has 0 spiro atoms. The van der Waals surface area contributed by atoms with Crippen molar-refractivity contribution in [3.8, 4) is 0 Å². The fourth-order valence-corrected chi connectivity index (χ4v) is 5.11. The van der Waals surface area contributed by atoms with Crippen molar-refractivity contribution in [2.45, 2.75) is 37.8 Å². The van der Waals surface area contributed by atoms with E-state index in [1.165, 1.54) is 12.1 Å². The Kier molecular flexibility index (Phi) is 8.39. The fourth-order valence-electron chi connectivity index (χ4n) is 3.04. The molecule has 0 aliphatic carbocycles. The van der Waals surface area contributed by atoms with Crippen molar-refractivity contribution in [1.82, 2.24) is 9.55 Å². The van der Waals surface area contributed by atoms with Crippen LogP contribution in [0.25, 0.3) is 0 Å². The molecule has 0 saturated carbocycles. The molecule has 2 heterocycles. The Labute approximate surface area is 191 Å². The standard InChI is InChI=1S/C17H22N2O13P2/c20-7-10-2-1-3-11(6-10)8-29-33(25,26)32-34(27,28)30-9-12-14(22)15(23)16(31-12)19-5-4-13(21)18-17(19)24/h1-6,12,14-16,20,22-23H,7-9H2,(H,25,26)(H,27,28)(H,18,21,24)/t12-,14-,15-,16-/m1/s1. The van der Waals surface area contributed by atoms with Crippen LogP contribution in [0.2, 0.25) is 0 Å². The number of benzene rings is 1. The summed E-state index contributed by atoms with van der Waals surface area (Å²) in [5, 5.41) is 29.4. The number of aromatic amines is 1. The van der Waals surface area contributed by atoms with Gasteiger partial charge in [-0.2, -0.15) is 4.31 Å². The molecule has 15 nitrogen and oxygen atoms in total. The Hall–Kier alpha value is -2.00. The highest BCUT2D eigenvalue weighted by Crippen LogP contribution is 2.60. The SMILES string of the molecule is O=c1ccn([C@@H]2O[C@H](COP(=O)(O)OP(=O)(O)OCc3cccc(CO)c3)[C@@H](O)[C@H]2O)c(=O)[nH]1. The number of nitrogens with one attached hydrogen (secondary N) is 1. The lowest BCUT2D eigenvalue weighted by Gasteiger charge is -2.19. The number of aliphatic hydroxyl groups excluding tert-OH is 3. The molecule has 0 bridgehead atoms. The van der Waals surface area contributed by atoms with Crippen LogP contribution in [0, 0.1) is 0 Å². The van der Waals surface area contributed by atoms with Crippen LogP contribution in [-0.2, 0) is 40.4 Å². The minimum Gasteiger partial charge on any atom is -0.392 e. The maximum Gasteiger partial charge on any atom is 0.481 e. The summed E-state index contributed by atoms with van der Waals surface area (Å²) in [5.74, 6) is 0. The van der Waals surface area contributed by atoms with Crippen molar-refractivity contribution < 1.29 is 52.3 Å². The molecule has 6 atom stereocenters. The third-order valence-electron chi connectivity index (χ3n) is 4.64. The van der Waals surface area contributed by atoms with Gasteiger partial charge in [0.1, 0.15) is 18.3 Å². The smallest absolute Gasteiger partial charge is 0.392 e. The van der Waals surface area contributed by atoms with Gasteiger partial charge in [0.15, 0.2) is 6.23 Å². The second kappa shape index (κ2) is 10.7. The summed E-state index contributed by atoms with van der Waals surface area (Å²) in [7, 11) is -10.3. The molecule has 6 N–H and O–H groups in total. The van der Waals surface area contributed by atoms with Gasteiger partial charge in [-0.25, -0.2) is 13.9 Å². The largest absolute Gasteiger partial charge is 0.481 e. The second-order valence-electron chi connectivity index (χ2n) is 7.13. The number of H-pyrrole nitrogens is 1. The number of rotatable bonds is 10. The number of nitrogens with zero attached hydrogens (tertiary/aromatic N) is 1. The maximum atomic E-state index is 12.1. The minimum absolute atomic E-state index is 0.276. The molecule has 0 amide bonds. The van der Waals surface area contributed by atoms with Gasteiger partial charge in [-0.15, -0.1) is 0 Å². The highest BCUT2D eigenvalue weighted by Gasteiger charge is 2.46. The van der Waals surface area contributed by atoms with E-state index in [2.05, 4.69) is 13.4 Å². The Morgan fingerprint density at radius 1 is 1.03 bits per heavy atom. The van der Waals surface area contributed by atoms with Crippen molar-refractivity contribution in [3.05, 3.63) is 68.5 Å². The summed E-state index contributed by atoms with van der Waals surface area (Å²) in [6.45, 7) is -1.66. The van der Waals surface area contributed by atoms with Gasteiger partial charge < -0.3 is 29.8 Å². The van der Waals surface area contributed by atoms with Crippen molar-refractivity contribution in [2.75, 3.05) is 6.61 Å². The van der Waals surface area contributed by atoms with E-state index >= 15 is 0 Å². The quantitative estimate of drug-likeness (QED) is 0.207. The van der Waals surface area contributed by atoms with Crippen LogP contribution >= 0.6 is 15.6 Å². The van der Waals surface area contributed by atoms with Gasteiger partial charge in [-0.05, 0) is 11.1 Å². The van der Waals surface area contributed by atoms with Crippen LogP contribution in [0.4, 0.5) is 0 Å². The van der Waals surface area contributed by atoms with Gasteiger partial charge in [0.2, 0.25) is 0 Å². The van der Waals surface area contributed by atoms with Gasteiger partial charge in [-0.1, -0.05) is 24.3 Å². The number of phosphoric acid groups is 2. The fraction of sp³-hybridized carbons (Fsp3) is 0.412. The predicted molar refractivity (Wildman–Crippen MR) is 111 cm³/mol. The lowest BCUT2D eigenvalue weighted by molar-refractivity contribution is -0.0543. The minimum atomic E-state index is -5.22. The van der Waals surface area contributed by atoms with E-state index in [0.29, 0.717) is 11.1 Å². The molecule has 34 heavy (non-hydrogen) atoms. The van der Waals surface area contributed by atoms with E-state index in [9.17, 15) is 38.7 Å². The molecule has 0 radical (unpaired) electrons. The van der Waals surface area contributed by atoms with Crippen LogP contribution in [-0.4, -0.2) is 59.6 Å². The molecule has 1 fully saturated rings. The lowest BCUT2D eigenvalue weighted by Crippen LogP contribution is -2.37. The van der Waals surface area contributed by atoms with E-state index in [-0.39, 0.29) is 6.61 Å². The summed E-state index contributed by atoms with van der Waals surface area (Å²) in [4.78, 5) is 44.5. The number of phosphoric ester groups is 2. The third kappa shape index (κ3) is 6.78. The van der Waals surface area contributed by atoms with Crippen molar-refractivity contribution >= 4 is 15.6 Å². The zero-order valence-corrected chi connectivity index (χ0v) is 19.0. The van der Waals surface area contributed by atoms with Crippen LogP contribution in [0.1, 0.15) is 17.4 Å². The second-order valence-corrected chi connectivity index (χ2v) is 10.2. The van der Waals surface area contributed by atoms with E-state index in [4.69, 9.17) is 9.84 Å². The topological polar surface area (TPSA) is 227 Å². The van der Waals surface area contributed by atoms with Gasteiger partial charge in [-0.3, -0.25) is 23.4 Å². The highest BCUT2D eigenvalue weighted by atomic mass is 31.3. The Morgan fingerprint density at radius 2 is 1.71 bits per heavy atom. The van der Waals surface area contributed by atoms with Gasteiger partial charge in [0.05, 0.1) is 19.8 Å². The predicted octanol–water partition coefficient (Wildman–Crippen LogP) is -0.901. The summed E-state index contributed by atoms with van der Waals surface area (Å²) in [6, 6.07) is 7.13. The molecular weight excluding hydrogens is 502 g/mol. The zero-order valence-electron chi connectivity index (χ0n) is 17.2.